The first-order chi connectivity index (χ1) is 11.1. The number of aryl methyl sites for hydroxylation is 1. The van der Waals surface area contributed by atoms with Gasteiger partial charge >= 0.3 is 0 Å². The number of rotatable bonds is 7. The number of benzene rings is 2. The van der Waals surface area contributed by atoms with Gasteiger partial charge in [-0.15, -0.1) is 6.58 Å². The van der Waals surface area contributed by atoms with Crippen LogP contribution in [0.25, 0.3) is 0 Å². The third-order valence-electron chi connectivity index (χ3n) is 3.31. The third kappa shape index (κ3) is 5.18. The third-order valence-corrected chi connectivity index (χ3v) is 3.31. The molecule has 4 nitrogen and oxygen atoms in total. The zero-order valence-corrected chi connectivity index (χ0v) is 13.5. The van der Waals surface area contributed by atoms with E-state index in [4.69, 9.17) is 4.74 Å². The van der Waals surface area contributed by atoms with Gasteiger partial charge in [0.2, 0.25) is 5.91 Å². The van der Waals surface area contributed by atoms with E-state index in [2.05, 4.69) is 17.2 Å². The zero-order valence-electron chi connectivity index (χ0n) is 13.5. The smallest absolute Gasteiger partial charge is 0.242 e. The van der Waals surface area contributed by atoms with Crippen LogP contribution in [-0.4, -0.2) is 18.5 Å². The van der Waals surface area contributed by atoms with Gasteiger partial charge in [-0.1, -0.05) is 23.8 Å². The first kappa shape index (κ1) is 16.6. The van der Waals surface area contributed by atoms with Gasteiger partial charge in [0.1, 0.15) is 17.5 Å². The van der Waals surface area contributed by atoms with Gasteiger partial charge in [0.25, 0.3) is 0 Å². The summed E-state index contributed by atoms with van der Waals surface area (Å²) in [7, 11) is 0. The molecule has 0 aliphatic heterocycles. The molecule has 0 radical (unpaired) electrons. The Hall–Kier alpha value is -2.75. The first-order valence-electron chi connectivity index (χ1n) is 7.58. The molecule has 0 saturated heterocycles. The van der Waals surface area contributed by atoms with Crippen LogP contribution in [0, 0.1) is 6.92 Å². The molecule has 2 N–H and O–H groups in total. The molecule has 0 unspecified atom stereocenters. The highest BCUT2D eigenvalue weighted by molar-refractivity contribution is 5.84. The number of carbonyl (C=O) groups excluding carboxylic acids is 1. The molecule has 0 aliphatic rings. The molecule has 120 valence electrons. The summed E-state index contributed by atoms with van der Waals surface area (Å²) in [5.41, 5.74) is 2.06. The van der Waals surface area contributed by atoms with Crippen LogP contribution in [0.5, 0.6) is 11.5 Å². The van der Waals surface area contributed by atoms with Gasteiger partial charge in [-0.3, -0.25) is 4.79 Å². The Morgan fingerprint density at radius 2 is 1.70 bits per heavy atom. The average Bonchev–Trinajstić information content (AvgIpc) is 2.56. The molecular formula is C19H22N2O2. The quantitative estimate of drug-likeness (QED) is 0.763. The molecule has 0 saturated carbocycles. The van der Waals surface area contributed by atoms with Crippen LogP contribution in [-0.2, 0) is 4.79 Å². The number of amides is 1. The Morgan fingerprint density at radius 1 is 1.13 bits per heavy atom. The van der Waals surface area contributed by atoms with Crippen LogP contribution < -0.4 is 15.4 Å². The average molecular weight is 310 g/mol. The fraction of sp³-hybridized carbons (Fsp3) is 0.211. The van der Waals surface area contributed by atoms with Gasteiger partial charge in [-0.25, -0.2) is 0 Å². The summed E-state index contributed by atoms with van der Waals surface area (Å²) in [6.07, 6.45) is 1.65. The van der Waals surface area contributed by atoms with Gasteiger partial charge < -0.3 is 15.4 Å². The van der Waals surface area contributed by atoms with Gasteiger partial charge in [0.15, 0.2) is 0 Å². The highest BCUT2D eigenvalue weighted by Gasteiger charge is 2.11. The van der Waals surface area contributed by atoms with Crippen molar-refractivity contribution in [2.75, 3.05) is 11.9 Å². The van der Waals surface area contributed by atoms with E-state index in [1.807, 2.05) is 62.4 Å². The van der Waals surface area contributed by atoms with Crippen molar-refractivity contribution in [2.45, 2.75) is 19.9 Å². The molecule has 1 atom stereocenters. The normalized spacial score (nSPS) is 11.4. The summed E-state index contributed by atoms with van der Waals surface area (Å²) < 4.78 is 5.78. The van der Waals surface area contributed by atoms with E-state index in [1.165, 1.54) is 5.56 Å². The molecule has 2 aromatic carbocycles. The van der Waals surface area contributed by atoms with Gasteiger partial charge in [0, 0.05) is 12.2 Å². The maximum Gasteiger partial charge on any atom is 0.242 e. The van der Waals surface area contributed by atoms with Crippen LogP contribution >= 0.6 is 0 Å². The Kier molecular flexibility index (Phi) is 5.80. The van der Waals surface area contributed by atoms with E-state index < -0.39 is 0 Å². The lowest BCUT2D eigenvalue weighted by Gasteiger charge is -2.15. The van der Waals surface area contributed by atoms with Crippen molar-refractivity contribution in [1.82, 2.24) is 5.32 Å². The van der Waals surface area contributed by atoms with E-state index in [9.17, 15) is 4.79 Å². The molecule has 0 heterocycles. The largest absolute Gasteiger partial charge is 0.457 e. The second-order valence-electron chi connectivity index (χ2n) is 5.34. The summed E-state index contributed by atoms with van der Waals surface area (Å²) in [4.78, 5) is 11.8. The van der Waals surface area contributed by atoms with Crippen molar-refractivity contribution in [3.8, 4) is 11.5 Å². The maximum atomic E-state index is 11.8. The maximum absolute atomic E-state index is 11.8. The Morgan fingerprint density at radius 3 is 2.26 bits per heavy atom. The predicted molar refractivity (Wildman–Crippen MR) is 94.0 cm³/mol. The standard InChI is InChI=1S/C19H22N2O2/c1-4-13-20-19(22)15(3)21-16-7-11-18(12-8-16)23-17-9-5-14(2)6-10-17/h4-12,15,21H,1,13H2,2-3H3,(H,20,22)/t15-/m0/s1. The Bertz CT molecular complexity index is 648. The lowest BCUT2D eigenvalue weighted by molar-refractivity contribution is -0.121. The molecule has 2 aromatic rings. The van der Waals surface area contributed by atoms with Crippen LogP contribution in [0.1, 0.15) is 12.5 Å². The van der Waals surface area contributed by atoms with Crippen LogP contribution in [0.2, 0.25) is 0 Å². The second-order valence-corrected chi connectivity index (χ2v) is 5.34. The van der Waals surface area contributed by atoms with Crippen molar-refractivity contribution in [3.05, 3.63) is 66.7 Å². The van der Waals surface area contributed by atoms with Crippen molar-refractivity contribution >= 4 is 11.6 Å². The molecule has 0 fully saturated rings. The van der Waals surface area contributed by atoms with Crippen molar-refractivity contribution in [2.24, 2.45) is 0 Å². The number of hydrogen-bond acceptors (Lipinski definition) is 3. The molecule has 2 rings (SSSR count). The summed E-state index contributed by atoms with van der Waals surface area (Å²) in [6.45, 7) is 7.90. The lowest BCUT2D eigenvalue weighted by Crippen LogP contribution is -2.37. The van der Waals surface area contributed by atoms with Crippen LogP contribution in [0.15, 0.2) is 61.2 Å². The molecule has 0 aromatic heterocycles. The van der Waals surface area contributed by atoms with E-state index in [1.54, 1.807) is 6.08 Å². The molecule has 0 aliphatic carbocycles. The molecular weight excluding hydrogens is 288 g/mol. The van der Waals surface area contributed by atoms with Gasteiger partial charge in [-0.2, -0.15) is 0 Å². The van der Waals surface area contributed by atoms with E-state index in [0.717, 1.165) is 17.2 Å². The molecule has 23 heavy (non-hydrogen) atoms. The van der Waals surface area contributed by atoms with E-state index in [0.29, 0.717) is 6.54 Å². The van der Waals surface area contributed by atoms with Gasteiger partial charge in [-0.05, 0) is 50.2 Å². The second kappa shape index (κ2) is 8.03. The fourth-order valence-corrected chi connectivity index (χ4v) is 2.00. The number of ether oxygens (including phenoxy) is 1. The van der Waals surface area contributed by atoms with Crippen LogP contribution in [0.4, 0.5) is 5.69 Å². The molecule has 4 heteroatoms. The van der Waals surface area contributed by atoms with E-state index in [-0.39, 0.29) is 11.9 Å². The summed E-state index contributed by atoms with van der Waals surface area (Å²) in [5, 5.41) is 5.90. The first-order valence-corrected chi connectivity index (χ1v) is 7.58. The minimum absolute atomic E-state index is 0.0649. The van der Waals surface area contributed by atoms with Crippen molar-refractivity contribution in [3.63, 3.8) is 0 Å². The van der Waals surface area contributed by atoms with Crippen LogP contribution in [0.3, 0.4) is 0 Å². The van der Waals surface area contributed by atoms with Crippen molar-refractivity contribution in [1.29, 1.82) is 0 Å². The zero-order chi connectivity index (χ0) is 16.7. The predicted octanol–water partition coefficient (Wildman–Crippen LogP) is 3.89. The minimum Gasteiger partial charge on any atom is -0.457 e. The number of anilines is 1. The number of hydrogen-bond donors (Lipinski definition) is 2. The summed E-state index contributed by atoms with van der Waals surface area (Å²) in [6, 6.07) is 15.1. The SMILES string of the molecule is C=CCNC(=O)[C@H](C)Nc1ccc(Oc2ccc(C)cc2)cc1. The minimum atomic E-state index is -0.321. The highest BCUT2D eigenvalue weighted by Crippen LogP contribution is 2.23. The molecule has 1 amide bonds. The summed E-state index contributed by atoms with van der Waals surface area (Å²) >= 11 is 0. The van der Waals surface area contributed by atoms with E-state index >= 15 is 0 Å². The highest BCUT2D eigenvalue weighted by atomic mass is 16.5. The molecule has 0 bridgehead atoms. The Labute approximate surface area is 137 Å². The lowest BCUT2D eigenvalue weighted by atomic mass is 10.2. The van der Waals surface area contributed by atoms with Crippen molar-refractivity contribution < 1.29 is 9.53 Å². The summed E-state index contributed by atoms with van der Waals surface area (Å²) in [5.74, 6) is 1.49. The topological polar surface area (TPSA) is 50.4 Å². The molecule has 0 spiro atoms. The monoisotopic (exact) mass is 310 g/mol. The Balaban J connectivity index is 1.92. The number of nitrogens with one attached hydrogen (secondary N) is 2. The van der Waals surface area contributed by atoms with Gasteiger partial charge in [0.05, 0.1) is 0 Å². The number of carbonyl (C=O) groups is 1. The fourth-order valence-electron chi connectivity index (χ4n) is 2.00.